The zero-order valence-electron chi connectivity index (χ0n) is 18.8. The molecule has 3 aromatic rings. The van der Waals surface area contributed by atoms with Gasteiger partial charge in [-0.05, 0) is 37.5 Å². The zero-order valence-corrected chi connectivity index (χ0v) is 18.8. The van der Waals surface area contributed by atoms with Crippen LogP contribution < -0.4 is 5.56 Å². The van der Waals surface area contributed by atoms with Crippen molar-refractivity contribution in [1.82, 2.24) is 24.6 Å². The summed E-state index contributed by atoms with van der Waals surface area (Å²) in [4.78, 5) is 35.2. The predicted molar refractivity (Wildman–Crippen MR) is 120 cm³/mol. The molecular formula is C24H28FN5O3. The first-order chi connectivity index (χ1) is 16.0. The van der Waals surface area contributed by atoms with E-state index in [1.165, 1.54) is 19.2 Å². The first kappa shape index (κ1) is 21.8. The van der Waals surface area contributed by atoms with Crippen LogP contribution >= 0.6 is 0 Å². The van der Waals surface area contributed by atoms with Crippen molar-refractivity contribution >= 4 is 17.0 Å². The Labute approximate surface area is 190 Å². The van der Waals surface area contributed by atoms with Gasteiger partial charge in [0.05, 0.1) is 31.3 Å². The number of esters is 1. The highest BCUT2D eigenvalue weighted by Gasteiger charge is 2.41. The Bertz CT molecular complexity index is 1220. The fourth-order valence-electron chi connectivity index (χ4n) is 5.33. The van der Waals surface area contributed by atoms with Crippen molar-refractivity contribution in [2.45, 2.75) is 50.6 Å². The number of methoxy groups -OCH3 is 1. The molecule has 8 nitrogen and oxygen atoms in total. The summed E-state index contributed by atoms with van der Waals surface area (Å²) in [5, 5.41) is 4.97. The molecule has 1 saturated heterocycles. The maximum Gasteiger partial charge on any atom is 0.310 e. The van der Waals surface area contributed by atoms with Gasteiger partial charge in [0.15, 0.2) is 5.65 Å². The molecular weight excluding hydrogens is 425 g/mol. The lowest BCUT2D eigenvalue weighted by Crippen LogP contribution is -2.29. The SMILES string of the molecule is COC(=O)[C@H]1CN([C@H](C)c2nc3c(cnn3C3CCCC3)c(=O)[nH]2)C[C@@H]1c1ccc(F)cc1. The molecule has 2 aromatic heterocycles. The molecule has 5 rings (SSSR count). The van der Waals surface area contributed by atoms with Crippen LogP contribution in [0.2, 0.25) is 0 Å². The van der Waals surface area contributed by atoms with E-state index in [2.05, 4.69) is 15.0 Å². The second-order valence-electron chi connectivity index (χ2n) is 9.13. The number of carbonyl (C=O) groups is 1. The van der Waals surface area contributed by atoms with Crippen LogP contribution in [0.1, 0.15) is 62.0 Å². The number of aromatic amines is 1. The van der Waals surface area contributed by atoms with E-state index in [0.29, 0.717) is 29.9 Å². The topological polar surface area (TPSA) is 93.1 Å². The molecule has 9 heteroatoms. The molecule has 174 valence electrons. The summed E-state index contributed by atoms with van der Waals surface area (Å²) < 4.78 is 20.4. The molecule has 0 amide bonds. The minimum Gasteiger partial charge on any atom is -0.469 e. The number of carbonyl (C=O) groups excluding carboxylic acids is 1. The average molecular weight is 454 g/mol. The van der Waals surface area contributed by atoms with Gasteiger partial charge in [0, 0.05) is 19.0 Å². The van der Waals surface area contributed by atoms with E-state index < -0.39 is 0 Å². The Morgan fingerprint density at radius 3 is 2.64 bits per heavy atom. The van der Waals surface area contributed by atoms with Gasteiger partial charge in [-0.1, -0.05) is 25.0 Å². The van der Waals surface area contributed by atoms with Gasteiger partial charge in [0.2, 0.25) is 0 Å². The monoisotopic (exact) mass is 453 g/mol. The van der Waals surface area contributed by atoms with Gasteiger partial charge >= 0.3 is 5.97 Å². The number of fused-ring (bicyclic) bond motifs is 1. The normalized spacial score (nSPS) is 22.8. The lowest BCUT2D eigenvalue weighted by molar-refractivity contribution is -0.145. The van der Waals surface area contributed by atoms with Gasteiger partial charge in [-0.15, -0.1) is 0 Å². The van der Waals surface area contributed by atoms with Gasteiger partial charge in [0.1, 0.15) is 17.0 Å². The van der Waals surface area contributed by atoms with Gasteiger partial charge < -0.3 is 9.72 Å². The molecule has 1 saturated carbocycles. The number of nitrogens with one attached hydrogen (secondary N) is 1. The van der Waals surface area contributed by atoms with Crippen LogP contribution in [-0.4, -0.2) is 50.8 Å². The third kappa shape index (κ3) is 3.94. The minimum atomic E-state index is -0.387. The Balaban J connectivity index is 1.46. The van der Waals surface area contributed by atoms with Crippen molar-refractivity contribution < 1.29 is 13.9 Å². The molecule has 0 unspecified atom stereocenters. The van der Waals surface area contributed by atoms with Crippen LogP contribution in [0.15, 0.2) is 35.3 Å². The number of benzene rings is 1. The number of H-pyrrole nitrogens is 1. The van der Waals surface area contributed by atoms with Crippen molar-refractivity contribution in [2.75, 3.05) is 20.2 Å². The smallest absolute Gasteiger partial charge is 0.310 e. The van der Waals surface area contributed by atoms with Crippen LogP contribution in [0.3, 0.4) is 0 Å². The molecule has 33 heavy (non-hydrogen) atoms. The quantitative estimate of drug-likeness (QED) is 0.596. The second kappa shape index (κ2) is 8.70. The lowest BCUT2D eigenvalue weighted by atomic mass is 9.89. The van der Waals surface area contributed by atoms with Crippen molar-refractivity contribution in [3.63, 3.8) is 0 Å². The highest BCUT2D eigenvalue weighted by molar-refractivity contribution is 5.75. The molecule has 3 atom stereocenters. The summed E-state index contributed by atoms with van der Waals surface area (Å²) in [6.45, 7) is 3.00. The molecule has 1 aromatic carbocycles. The summed E-state index contributed by atoms with van der Waals surface area (Å²) in [6, 6.07) is 6.30. The van der Waals surface area contributed by atoms with E-state index in [9.17, 15) is 14.0 Å². The van der Waals surface area contributed by atoms with E-state index >= 15 is 0 Å². The molecule has 0 spiro atoms. The Morgan fingerprint density at radius 2 is 1.94 bits per heavy atom. The van der Waals surface area contributed by atoms with E-state index in [0.717, 1.165) is 31.2 Å². The summed E-state index contributed by atoms with van der Waals surface area (Å²) in [6.07, 6.45) is 6.00. The van der Waals surface area contributed by atoms with Gasteiger partial charge in [-0.25, -0.2) is 14.1 Å². The predicted octanol–water partition coefficient (Wildman–Crippen LogP) is 3.32. The molecule has 1 aliphatic heterocycles. The van der Waals surface area contributed by atoms with Crippen LogP contribution in [0.5, 0.6) is 0 Å². The van der Waals surface area contributed by atoms with E-state index in [-0.39, 0.29) is 41.3 Å². The molecule has 1 aliphatic carbocycles. The number of aromatic nitrogens is 4. The van der Waals surface area contributed by atoms with Crippen molar-refractivity contribution in [2.24, 2.45) is 5.92 Å². The average Bonchev–Trinajstić information content (AvgIpc) is 3.57. The Morgan fingerprint density at radius 1 is 1.21 bits per heavy atom. The number of hydrogen-bond acceptors (Lipinski definition) is 6. The molecule has 2 aliphatic rings. The van der Waals surface area contributed by atoms with Crippen LogP contribution in [-0.2, 0) is 9.53 Å². The van der Waals surface area contributed by atoms with Crippen LogP contribution in [0.4, 0.5) is 4.39 Å². The van der Waals surface area contributed by atoms with E-state index in [1.54, 1.807) is 18.3 Å². The van der Waals surface area contributed by atoms with Crippen LogP contribution in [0.25, 0.3) is 11.0 Å². The van der Waals surface area contributed by atoms with Gasteiger partial charge in [0.25, 0.3) is 5.56 Å². The van der Waals surface area contributed by atoms with Crippen molar-refractivity contribution in [1.29, 1.82) is 0 Å². The largest absolute Gasteiger partial charge is 0.469 e. The summed E-state index contributed by atoms with van der Waals surface area (Å²) in [7, 11) is 1.38. The molecule has 2 fully saturated rings. The third-order valence-corrected chi connectivity index (χ3v) is 7.25. The number of rotatable bonds is 5. The van der Waals surface area contributed by atoms with Crippen molar-refractivity contribution in [3.05, 3.63) is 58.0 Å². The molecule has 3 heterocycles. The Hall–Kier alpha value is -3.07. The fourth-order valence-corrected chi connectivity index (χ4v) is 5.33. The number of likely N-dealkylation sites (tertiary alicyclic amines) is 1. The summed E-state index contributed by atoms with van der Waals surface area (Å²) in [5.41, 5.74) is 1.30. The zero-order chi connectivity index (χ0) is 23.1. The number of ether oxygens (including phenoxy) is 1. The van der Waals surface area contributed by atoms with E-state index in [4.69, 9.17) is 9.72 Å². The fraction of sp³-hybridized carbons (Fsp3) is 0.500. The molecule has 1 N–H and O–H groups in total. The second-order valence-corrected chi connectivity index (χ2v) is 9.13. The first-order valence-corrected chi connectivity index (χ1v) is 11.5. The first-order valence-electron chi connectivity index (χ1n) is 11.5. The molecule has 0 bridgehead atoms. The standard InChI is InChI=1S/C24H28FN5O3/c1-14(21-27-22-18(23(31)28-21)11-26-30(22)17-5-3-4-6-17)29-12-19(20(13-29)24(32)33-2)15-7-9-16(25)10-8-15/h7-11,14,17,19-20H,3-6,12-13H2,1-2H3,(H,27,28,31)/t14-,19-,20+/m1/s1. The third-order valence-electron chi connectivity index (χ3n) is 7.25. The molecule has 0 radical (unpaired) electrons. The van der Waals surface area contributed by atoms with Crippen molar-refractivity contribution in [3.8, 4) is 0 Å². The van der Waals surface area contributed by atoms with Crippen LogP contribution in [0, 0.1) is 11.7 Å². The van der Waals surface area contributed by atoms with Gasteiger partial charge in [-0.3, -0.25) is 14.5 Å². The van der Waals surface area contributed by atoms with Gasteiger partial charge in [-0.2, -0.15) is 5.10 Å². The Kier molecular flexibility index (Phi) is 5.74. The minimum absolute atomic E-state index is 0.139. The highest BCUT2D eigenvalue weighted by atomic mass is 19.1. The number of hydrogen-bond donors (Lipinski definition) is 1. The maximum absolute atomic E-state index is 13.5. The maximum atomic E-state index is 13.5. The number of nitrogens with zero attached hydrogens (tertiary/aromatic N) is 4. The van der Waals surface area contributed by atoms with E-state index in [1.807, 2.05) is 11.6 Å². The highest BCUT2D eigenvalue weighted by Crippen LogP contribution is 2.37. The lowest BCUT2D eigenvalue weighted by Gasteiger charge is -2.23. The number of halogens is 1. The summed E-state index contributed by atoms with van der Waals surface area (Å²) >= 11 is 0. The summed E-state index contributed by atoms with van der Waals surface area (Å²) in [5.74, 6) is -0.584.